The summed E-state index contributed by atoms with van der Waals surface area (Å²) in [4.78, 5) is 28.1. The van der Waals surface area contributed by atoms with Crippen LogP contribution in [0.3, 0.4) is 0 Å². The second kappa shape index (κ2) is 10.3. The van der Waals surface area contributed by atoms with Crippen LogP contribution in [0.25, 0.3) is 0 Å². The van der Waals surface area contributed by atoms with Crippen molar-refractivity contribution in [1.29, 1.82) is 0 Å². The first-order chi connectivity index (χ1) is 18.7. The van der Waals surface area contributed by atoms with Crippen molar-refractivity contribution in [1.82, 2.24) is 35.7 Å². The molecule has 1 amide bonds. The smallest absolute Gasteiger partial charge is 0.243 e. The predicted molar refractivity (Wildman–Crippen MR) is 144 cm³/mol. The molecule has 11 nitrogen and oxygen atoms in total. The Hall–Kier alpha value is -2.92. The number of ether oxygens (including phenoxy) is 1. The number of hydrazine groups is 1. The molecule has 204 valence electrons. The van der Waals surface area contributed by atoms with Crippen molar-refractivity contribution < 1.29 is 9.53 Å². The third-order valence-corrected chi connectivity index (χ3v) is 8.87. The first-order valence-corrected chi connectivity index (χ1v) is 14.5. The van der Waals surface area contributed by atoms with Gasteiger partial charge in [-0.3, -0.25) is 25.2 Å². The molecular weight excluding hydrogens is 482 g/mol. The Kier molecular flexibility index (Phi) is 6.56. The highest BCUT2D eigenvalue weighted by Crippen LogP contribution is 2.40. The molecule has 1 aromatic rings. The SMILES string of the molecule is O=C(NC1CCCN(C2CCOCC2)C1)C1CCCN1C1=NC(=Nc2cc(C3CC3)[nH]n2)C2CC=CN2N1. The van der Waals surface area contributed by atoms with Crippen molar-refractivity contribution in [3.05, 3.63) is 24.0 Å². The van der Waals surface area contributed by atoms with E-state index in [-0.39, 0.29) is 24.0 Å². The number of aromatic nitrogens is 2. The highest BCUT2D eigenvalue weighted by Gasteiger charge is 2.39. The number of amides is 1. The third-order valence-electron chi connectivity index (χ3n) is 8.87. The van der Waals surface area contributed by atoms with E-state index in [1.54, 1.807) is 0 Å². The maximum Gasteiger partial charge on any atom is 0.243 e. The monoisotopic (exact) mass is 521 g/mol. The van der Waals surface area contributed by atoms with Gasteiger partial charge in [0.15, 0.2) is 11.7 Å². The Bertz CT molecular complexity index is 1120. The van der Waals surface area contributed by atoms with E-state index in [1.165, 1.54) is 18.5 Å². The largest absolute Gasteiger partial charge is 0.381 e. The minimum absolute atomic E-state index is 0.0353. The van der Waals surface area contributed by atoms with Crippen LogP contribution in [0.5, 0.6) is 0 Å². The van der Waals surface area contributed by atoms with E-state index in [0.29, 0.717) is 23.7 Å². The lowest BCUT2D eigenvalue weighted by atomic mass is 9.99. The summed E-state index contributed by atoms with van der Waals surface area (Å²) in [5.41, 5.74) is 4.62. The number of nitrogens with zero attached hydrogens (tertiary/aromatic N) is 6. The second-order valence-corrected chi connectivity index (χ2v) is 11.6. The highest BCUT2D eigenvalue weighted by atomic mass is 16.5. The van der Waals surface area contributed by atoms with Crippen LogP contribution in [0.1, 0.15) is 69.4 Å². The number of amidine groups is 1. The van der Waals surface area contributed by atoms with Crippen LogP contribution in [0.15, 0.2) is 28.3 Å². The van der Waals surface area contributed by atoms with E-state index < -0.39 is 0 Å². The van der Waals surface area contributed by atoms with Gasteiger partial charge in [-0.15, -0.1) is 0 Å². The molecule has 3 atom stereocenters. The van der Waals surface area contributed by atoms with Gasteiger partial charge in [0.25, 0.3) is 0 Å². The lowest BCUT2D eigenvalue weighted by Crippen LogP contribution is -2.60. The van der Waals surface area contributed by atoms with Gasteiger partial charge in [-0.25, -0.2) is 4.99 Å². The summed E-state index contributed by atoms with van der Waals surface area (Å²) in [6.07, 6.45) is 13.6. The fraction of sp³-hybridized carbons (Fsp3) is 0.704. The highest BCUT2D eigenvalue weighted by molar-refractivity contribution is 6.03. The molecule has 6 heterocycles. The van der Waals surface area contributed by atoms with E-state index in [2.05, 4.69) is 47.9 Å². The van der Waals surface area contributed by atoms with Gasteiger partial charge in [-0.05, 0) is 64.3 Å². The molecule has 0 spiro atoms. The van der Waals surface area contributed by atoms with Gasteiger partial charge in [-0.2, -0.15) is 10.1 Å². The lowest BCUT2D eigenvalue weighted by molar-refractivity contribution is -0.125. The molecule has 3 saturated heterocycles. The molecule has 7 rings (SSSR count). The maximum absolute atomic E-state index is 13.6. The first-order valence-electron chi connectivity index (χ1n) is 14.5. The zero-order valence-electron chi connectivity index (χ0n) is 22.0. The van der Waals surface area contributed by atoms with Gasteiger partial charge in [0, 0.05) is 62.3 Å². The van der Waals surface area contributed by atoms with Gasteiger partial charge < -0.3 is 15.0 Å². The number of aliphatic imine (C=N–C) groups is 2. The number of piperidine rings is 1. The number of guanidine groups is 1. The number of nitrogens with one attached hydrogen (secondary N) is 3. The number of hydrogen-bond acceptors (Lipinski definition) is 8. The summed E-state index contributed by atoms with van der Waals surface area (Å²) in [6.45, 7) is 4.56. The van der Waals surface area contributed by atoms with E-state index in [9.17, 15) is 4.79 Å². The molecule has 11 heteroatoms. The molecule has 1 saturated carbocycles. The summed E-state index contributed by atoms with van der Waals surface area (Å²) >= 11 is 0. The molecule has 0 radical (unpaired) electrons. The minimum atomic E-state index is -0.226. The third kappa shape index (κ3) is 4.93. The molecule has 6 aliphatic rings. The van der Waals surface area contributed by atoms with Crippen LogP contribution in [-0.4, -0.2) is 99.7 Å². The molecule has 0 aromatic carbocycles. The quantitative estimate of drug-likeness (QED) is 0.543. The molecular formula is C27H39N9O2. The van der Waals surface area contributed by atoms with Crippen LogP contribution < -0.4 is 10.7 Å². The fourth-order valence-electron chi connectivity index (χ4n) is 6.62. The van der Waals surface area contributed by atoms with Crippen LogP contribution in [0, 0.1) is 0 Å². The number of rotatable bonds is 5. The number of carbonyl (C=O) groups is 1. The summed E-state index contributed by atoms with van der Waals surface area (Å²) in [5, 5.41) is 13.0. The lowest BCUT2D eigenvalue weighted by Gasteiger charge is -2.41. The second-order valence-electron chi connectivity index (χ2n) is 11.6. The Morgan fingerprint density at radius 1 is 1.11 bits per heavy atom. The Morgan fingerprint density at radius 3 is 2.84 bits per heavy atom. The Morgan fingerprint density at radius 2 is 1.97 bits per heavy atom. The average Bonchev–Trinajstić information content (AvgIpc) is 3.32. The van der Waals surface area contributed by atoms with Crippen molar-refractivity contribution in [3.8, 4) is 0 Å². The molecule has 5 aliphatic heterocycles. The fourth-order valence-corrected chi connectivity index (χ4v) is 6.62. The normalized spacial score (nSPS) is 31.4. The number of hydrogen-bond donors (Lipinski definition) is 3. The van der Waals surface area contributed by atoms with Crippen LogP contribution in [0.2, 0.25) is 0 Å². The maximum atomic E-state index is 13.6. The van der Waals surface area contributed by atoms with Gasteiger partial charge in [0.1, 0.15) is 12.1 Å². The van der Waals surface area contributed by atoms with Gasteiger partial charge in [0.05, 0.1) is 0 Å². The number of aromatic amines is 1. The van der Waals surface area contributed by atoms with Crippen LogP contribution in [0.4, 0.5) is 5.82 Å². The minimum Gasteiger partial charge on any atom is -0.381 e. The molecule has 38 heavy (non-hydrogen) atoms. The zero-order chi connectivity index (χ0) is 25.5. The molecule has 1 aromatic heterocycles. The number of H-pyrrole nitrogens is 1. The molecule has 4 fully saturated rings. The molecule has 0 bridgehead atoms. The number of fused-ring (bicyclic) bond motifs is 1. The summed E-state index contributed by atoms with van der Waals surface area (Å²) in [7, 11) is 0. The number of carbonyl (C=O) groups excluding carboxylic acids is 1. The Labute approximate surface area is 223 Å². The van der Waals surface area contributed by atoms with E-state index >= 15 is 0 Å². The average molecular weight is 522 g/mol. The summed E-state index contributed by atoms with van der Waals surface area (Å²) < 4.78 is 5.56. The van der Waals surface area contributed by atoms with E-state index in [0.717, 1.165) is 83.6 Å². The zero-order valence-corrected chi connectivity index (χ0v) is 22.0. The van der Waals surface area contributed by atoms with Crippen LogP contribution >= 0.6 is 0 Å². The predicted octanol–water partition coefficient (Wildman–Crippen LogP) is 2.00. The number of likely N-dealkylation sites (tertiary alicyclic amines) is 2. The standard InChI is InChI=1S/C27H39N9O2/c37-26(28-19-4-1-11-34(17-19)20-9-14-38-15-10-20)23-6-2-12-35(23)27-30-25(22-5-3-13-36(22)33-27)29-24-16-21(31-32-24)18-7-8-18/h3,13,16,18-20,22-23H,1-2,4-12,14-15,17H2,(H,28,37)(H2,29,30,31,32,33). The van der Waals surface area contributed by atoms with Crippen LogP contribution in [-0.2, 0) is 9.53 Å². The van der Waals surface area contributed by atoms with E-state index in [4.69, 9.17) is 14.7 Å². The van der Waals surface area contributed by atoms with Gasteiger partial charge >= 0.3 is 0 Å². The van der Waals surface area contributed by atoms with Crippen molar-refractivity contribution in [3.63, 3.8) is 0 Å². The molecule has 3 N–H and O–H groups in total. The molecule has 3 unspecified atom stereocenters. The van der Waals surface area contributed by atoms with E-state index in [1.807, 2.05) is 6.20 Å². The molecule has 1 aliphatic carbocycles. The summed E-state index contributed by atoms with van der Waals surface area (Å²) in [6, 6.07) is 2.64. The van der Waals surface area contributed by atoms with Crippen molar-refractivity contribution in [2.45, 2.75) is 87.9 Å². The topological polar surface area (TPSA) is 113 Å². The van der Waals surface area contributed by atoms with Crippen molar-refractivity contribution >= 4 is 23.5 Å². The van der Waals surface area contributed by atoms with Gasteiger partial charge in [0.2, 0.25) is 11.9 Å². The Balaban J connectivity index is 1.05. The first kappa shape index (κ1) is 24.1. The summed E-state index contributed by atoms with van der Waals surface area (Å²) in [5.74, 6) is 2.84. The van der Waals surface area contributed by atoms with Crippen molar-refractivity contribution in [2.75, 3.05) is 32.8 Å². The van der Waals surface area contributed by atoms with Crippen molar-refractivity contribution in [2.24, 2.45) is 9.98 Å². The van der Waals surface area contributed by atoms with Gasteiger partial charge in [-0.1, -0.05) is 6.08 Å².